The van der Waals surface area contributed by atoms with Crippen LogP contribution in [0.25, 0.3) is 0 Å². The van der Waals surface area contributed by atoms with Crippen molar-refractivity contribution >= 4 is 46.8 Å². The molecule has 0 aliphatic rings. The van der Waals surface area contributed by atoms with Gasteiger partial charge in [0.05, 0.1) is 25.9 Å². The normalized spacial score (nSPS) is 13.5. The van der Waals surface area contributed by atoms with Gasteiger partial charge in [0.2, 0.25) is 0 Å². The van der Waals surface area contributed by atoms with Crippen LogP contribution in [0, 0.1) is 0 Å². The van der Waals surface area contributed by atoms with Gasteiger partial charge in [-0.15, -0.1) is 0 Å². The van der Waals surface area contributed by atoms with Crippen molar-refractivity contribution in [3.8, 4) is 0 Å². The highest BCUT2D eigenvalue weighted by molar-refractivity contribution is 7.86. The van der Waals surface area contributed by atoms with Gasteiger partial charge >= 0.3 is 0 Å². The third-order valence-corrected chi connectivity index (χ3v) is 10.8. The molecule has 0 fully saturated rings. The number of benzene rings is 2. The molecule has 0 radical (unpaired) electrons. The molecule has 0 atom stereocenters. The molecule has 2 aromatic carbocycles. The quantitative estimate of drug-likeness (QED) is 0.494. The van der Waals surface area contributed by atoms with Crippen LogP contribution in [-0.4, -0.2) is 42.1 Å². The molecular formula is C19H28O6S2Si2. The smallest absolute Gasteiger partial charge is 0.282 e. The predicted molar refractivity (Wildman–Crippen MR) is 121 cm³/mol. The van der Waals surface area contributed by atoms with Crippen LogP contribution in [0.1, 0.15) is 11.1 Å². The predicted octanol–water partition coefficient (Wildman–Crippen LogP) is 2.86. The van der Waals surface area contributed by atoms with Gasteiger partial charge in [-0.05, 0) is 23.3 Å². The monoisotopic (exact) mass is 472 g/mol. The van der Waals surface area contributed by atoms with E-state index in [9.17, 15) is 25.9 Å². The van der Waals surface area contributed by atoms with Crippen molar-refractivity contribution in [2.75, 3.05) is 0 Å². The van der Waals surface area contributed by atoms with Crippen LogP contribution in [0.15, 0.2) is 46.2 Å². The summed E-state index contributed by atoms with van der Waals surface area (Å²) in [4.78, 5) is -0.501. The largest absolute Gasteiger partial charge is 0.294 e. The Kier molecular flexibility index (Phi) is 6.40. The first-order chi connectivity index (χ1) is 12.9. The summed E-state index contributed by atoms with van der Waals surface area (Å²) in [5, 5.41) is 1.96. The molecule has 0 heterocycles. The molecule has 0 saturated carbocycles. The Morgan fingerprint density at radius 1 is 0.655 bits per heavy atom. The summed E-state index contributed by atoms with van der Waals surface area (Å²) in [7, 11) is -12.6. The van der Waals surface area contributed by atoms with Crippen molar-refractivity contribution in [3.05, 3.63) is 47.5 Å². The number of hydrogen-bond donors (Lipinski definition) is 2. The fourth-order valence-corrected chi connectivity index (χ4v) is 6.86. The highest BCUT2D eigenvalue weighted by atomic mass is 32.2. The van der Waals surface area contributed by atoms with E-state index in [2.05, 4.69) is 39.3 Å². The molecule has 2 aromatic rings. The second-order valence-corrected chi connectivity index (χ2v) is 22.2. The van der Waals surface area contributed by atoms with Crippen LogP contribution in [0.3, 0.4) is 0 Å². The van der Waals surface area contributed by atoms with E-state index in [1.54, 1.807) is 24.3 Å². The lowest BCUT2D eigenvalue weighted by atomic mass is 10.0. The molecule has 0 aliphatic carbocycles. The Balaban J connectivity index is 2.78. The second-order valence-electron chi connectivity index (χ2n) is 9.27. The van der Waals surface area contributed by atoms with Crippen molar-refractivity contribution in [3.63, 3.8) is 0 Å². The molecule has 0 amide bonds. The first-order valence-corrected chi connectivity index (χ1v) is 19.0. The highest BCUT2D eigenvalue weighted by Gasteiger charge is 2.25. The molecule has 2 N–H and O–H groups in total. The van der Waals surface area contributed by atoms with E-state index in [-0.39, 0.29) is 16.2 Å². The molecule has 0 spiro atoms. The standard InChI is InChI=1S/C19H28O6S2Si2/c1-28(2,3)16-7-9-18(26(20,21)22)14(12-16)11-15-13-17(29(4,5)6)8-10-19(15)27(23,24)25/h7-10,12-13H,11H2,1-6H3,(H,20,21,22)(H,23,24,25). The average molecular weight is 473 g/mol. The van der Waals surface area contributed by atoms with Gasteiger partial charge in [-0.25, -0.2) is 0 Å². The maximum absolute atomic E-state index is 11.9. The maximum atomic E-state index is 11.9. The van der Waals surface area contributed by atoms with Gasteiger partial charge in [0.1, 0.15) is 0 Å². The molecule has 10 heteroatoms. The Morgan fingerprint density at radius 2 is 0.966 bits per heavy atom. The van der Waals surface area contributed by atoms with Crippen LogP contribution >= 0.6 is 0 Å². The summed E-state index contributed by atoms with van der Waals surface area (Å²) in [6, 6.07) is 9.58. The van der Waals surface area contributed by atoms with Crippen LogP contribution < -0.4 is 10.4 Å². The van der Waals surface area contributed by atoms with Crippen molar-refractivity contribution in [2.24, 2.45) is 0 Å². The van der Waals surface area contributed by atoms with Crippen LogP contribution in [0.4, 0.5) is 0 Å². The molecule has 29 heavy (non-hydrogen) atoms. The Bertz CT molecular complexity index is 1050. The van der Waals surface area contributed by atoms with Crippen molar-refractivity contribution in [2.45, 2.75) is 55.5 Å². The minimum absolute atomic E-state index is 0.0408. The molecular weight excluding hydrogens is 445 g/mol. The van der Waals surface area contributed by atoms with E-state index in [1.807, 2.05) is 0 Å². The van der Waals surface area contributed by atoms with Gasteiger partial charge in [-0.3, -0.25) is 9.11 Å². The van der Waals surface area contributed by atoms with E-state index in [0.717, 1.165) is 10.4 Å². The van der Waals surface area contributed by atoms with Crippen molar-refractivity contribution in [1.82, 2.24) is 0 Å². The van der Waals surface area contributed by atoms with Crippen LogP contribution in [0.2, 0.25) is 39.3 Å². The highest BCUT2D eigenvalue weighted by Crippen LogP contribution is 2.24. The molecule has 0 unspecified atom stereocenters. The van der Waals surface area contributed by atoms with Gasteiger partial charge in [-0.1, -0.05) is 73.9 Å². The second kappa shape index (κ2) is 7.75. The lowest BCUT2D eigenvalue weighted by Gasteiger charge is -2.21. The molecule has 0 saturated heterocycles. The van der Waals surface area contributed by atoms with E-state index >= 15 is 0 Å². The van der Waals surface area contributed by atoms with Crippen LogP contribution in [0.5, 0.6) is 0 Å². The molecule has 2 rings (SSSR count). The summed E-state index contributed by atoms with van der Waals surface area (Å²) in [5.74, 6) is 0. The summed E-state index contributed by atoms with van der Waals surface area (Å²) in [5.41, 5.74) is 0.620. The van der Waals surface area contributed by atoms with Gasteiger partial charge in [0.15, 0.2) is 0 Å². The SMILES string of the molecule is C[Si](C)(C)c1ccc(S(=O)(=O)O)c(Cc2cc([Si](C)(C)C)ccc2S(=O)(=O)O)c1. The molecule has 0 aliphatic heterocycles. The lowest BCUT2D eigenvalue weighted by Crippen LogP contribution is -2.38. The summed E-state index contributed by atoms with van der Waals surface area (Å²) in [6.07, 6.45) is -0.0408. The van der Waals surface area contributed by atoms with Crippen molar-refractivity contribution < 1.29 is 25.9 Å². The topological polar surface area (TPSA) is 109 Å². The third-order valence-electron chi connectivity index (χ3n) is 4.79. The summed E-state index contributed by atoms with van der Waals surface area (Å²) in [6.45, 7) is 12.6. The molecule has 6 nitrogen and oxygen atoms in total. The van der Waals surface area contributed by atoms with Gasteiger partial charge < -0.3 is 0 Å². The fourth-order valence-electron chi connectivity index (χ4n) is 3.08. The zero-order chi connectivity index (χ0) is 22.4. The Labute approximate surface area is 175 Å². The Hall–Kier alpha value is -1.31. The summed E-state index contributed by atoms with van der Waals surface area (Å²) < 4.78 is 67.0. The van der Waals surface area contributed by atoms with Crippen molar-refractivity contribution in [1.29, 1.82) is 0 Å². The maximum Gasteiger partial charge on any atom is 0.294 e. The van der Waals surface area contributed by atoms with E-state index in [0.29, 0.717) is 11.1 Å². The minimum atomic E-state index is -4.49. The lowest BCUT2D eigenvalue weighted by molar-refractivity contribution is 0.481. The van der Waals surface area contributed by atoms with E-state index in [1.165, 1.54) is 12.1 Å². The molecule has 160 valence electrons. The fraction of sp³-hybridized carbons (Fsp3) is 0.368. The third kappa shape index (κ3) is 5.86. The van der Waals surface area contributed by atoms with Crippen LogP contribution in [-0.2, 0) is 26.7 Å². The van der Waals surface area contributed by atoms with E-state index < -0.39 is 36.4 Å². The number of rotatable bonds is 6. The zero-order valence-electron chi connectivity index (χ0n) is 17.5. The van der Waals surface area contributed by atoms with Gasteiger partial charge in [0, 0.05) is 6.42 Å². The summed E-state index contributed by atoms with van der Waals surface area (Å²) >= 11 is 0. The number of hydrogen-bond acceptors (Lipinski definition) is 4. The zero-order valence-corrected chi connectivity index (χ0v) is 21.1. The first-order valence-electron chi connectivity index (χ1n) is 9.12. The molecule has 0 bridgehead atoms. The first kappa shape index (κ1) is 24.0. The average Bonchev–Trinajstić information content (AvgIpc) is 2.51. The van der Waals surface area contributed by atoms with E-state index in [4.69, 9.17) is 0 Å². The minimum Gasteiger partial charge on any atom is -0.282 e. The Morgan fingerprint density at radius 3 is 1.21 bits per heavy atom. The van der Waals surface area contributed by atoms with Gasteiger partial charge in [-0.2, -0.15) is 16.8 Å². The molecule has 0 aromatic heterocycles. The van der Waals surface area contributed by atoms with Gasteiger partial charge in [0.25, 0.3) is 20.2 Å².